The third kappa shape index (κ3) is 6.50. The van der Waals surface area contributed by atoms with Gasteiger partial charge in [0.15, 0.2) is 0 Å². The van der Waals surface area contributed by atoms with E-state index in [1.165, 1.54) is 55.5 Å². The minimum absolute atomic E-state index is 0.00512. The van der Waals surface area contributed by atoms with Crippen LogP contribution in [0.2, 0.25) is 13.3 Å². The summed E-state index contributed by atoms with van der Waals surface area (Å²) in [6.45, 7) is 12.3. The quantitative estimate of drug-likeness (QED) is 0.383. The van der Waals surface area contributed by atoms with Crippen molar-refractivity contribution in [3.05, 3.63) is 18.1 Å². The molecule has 4 nitrogen and oxygen atoms in total. The molecule has 0 bridgehead atoms. The molecule has 0 spiro atoms. The van der Waals surface area contributed by atoms with E-state index in [1.54, 1.807) is 6.20 Å². The fourth-order valence-electron chi connectivity index (χ4n) is 3.69. The fraction of sp³-hybridized carbons (Fsp3) is 0.762. The van der Waals surface area contributed by atoms with Crippen LogP contribution < -0.4 is 3.71 Å². The van der Waals surface area contributed by atoms with Gasteiger partial charge in [-0.05, 0) is 0 Å². The topological polar surface area (TPSA) is 46.1 Å². The summed E-state index contributed by atoms with van der Waals surface area (Å²) in [5, 5.41) is 0. The van der Waals surface area contributed by atoms with E-state index in [0.717, 1.165) is 0 Å². The molecule has 0 atom stereocenters. The first-order valence-electron chi connectivity index (χ1n) is 10.7. The summed E-state index contributed by atoms with van der Waals surface area (Å²) in [4.78, 5) is 23.8. The number of hydrogen-bond acceptors (Lipinski definition) is 3. The Morgan fingerprint density at radius 1 is 0.846 bits per heavy atom. The third-order valence-electron chi connectivity index (χ3n) is 5.49. The molecule has 1 rings (SSSR count). The third-order valence-corrected chi connectivity index (χ3v) is 20.6. The zero-order valence-electron chi connectivity index (χ0n) is 17.7. The van der Waals surface area contributed by atoms with Crippen LogP contribution in [0.4, 0.5) is 0 Å². The van der Waals surface area contributed by atoms with E-state index >= 15 is 0 Å². The molecule has 0 aliphatic rings. The average molecular weight is 468 g/mol. The predicted octanol–water partition coefficient (Wildman–Crippen LogP) is 5.01. The van der Waals surface area contributed by atoms with E-state index in [0.29, 0.717) is 18.8 Å². The number of carbonyl (C=O) groups excluding carboxylic acids is 1. The van der Waals surface area contributed by atoms with Gasteiger partial charge in [-0.1, -0.05) is 0 Å². The molecule has 0 N–H and O–H groups in total. The first kappa shape index (κ1) is 23.4. The molecule has 1 aromatic heterocycles. The molecule has 0 aliphatic heterocycles. The number of aromatic nitrogens is 2. The molecule has 0 saturated heterocycles. The van der Waals surface area contributed by atoms with Gasteiger partial charge in [0.2, 0.25) is 0 Å². The Hall–Kier alpha value is -0.651. The van der Waals surface area contributed by atoms with Gasteiger partial charge < -0.3 is 0 Å². The summed E-state index contributed by atoms with van der Waals surface area (Å²) in [6.07, 6.45) is 11.4. The summed E-state index contributed by atoms with van der Waals surface area (Å²) in [6, 6.07) is 0. The van der Waals surface area contributed by atoms with Crippen molar-refractivity contribution < 1.29 is 4.79 Å². The van der Waals surface area contributed by atoms with Crippen LogP contribution in [-0.2, 0) is 0 Å². The van der Waals surface area contributed by atoms with Crippen LogP contribution in [-0.4, -0.2) is 52.2 Å². The summed E-state index contributed by atoms with van der Waals surface area (Å²) >= 11 is -2.53. The predicted molar refractivity (Wildman–Crippen MR) is 114 cm³/mol. The van der Waals surface area contributed by atoms with Crippen LogP contribution in [0.5, 0.6) is 0 Å². The van der Waals surface area contributed by atoms with Crippen molar-refractivity contribution in [1.29, 1.82) is 0 Å². The zero-order valence-corrected chi connectivity index (χ0v) is 20.5. The van der Waals surface area contributed by atoms with Crippen molar-refractivity contribution >= 4 is 28.0 Å². The molecule has 1 heterocycles. The molecule has 1 amide bonds. The van der Waals surface area contributed by atoms with E-state index in [4.69, 9.17) is 4.98 Å². The Bertz CT molecular complexity index is 493. The molecule has 148 valence electrons. The van der Waals surface area contributed by atoms with Crippen LogP contribution in [0, 0.1) is 0 Å². The van der Waals surface area contributed by atoms with Crippen molar-refractivity contribution in [3.63, 3.8) is 0 Å². The number of nitrogens with zero attached hydrogens (tertiary/aromatic N) is 3. The molecule has 0 unspecified atom stereocenters. The summed E-state index contributed by atoms with van der Waals surface area (Å²) in [5.74, 6) is 0.00512. The molecule has 5 heteroatoms. The first-order chi connectivity index (χ1) is 12.6. The van der Waals surface area contributed by atoms with Gasteiger partial charge in [0.25, 0.3) is 0 Å². The van der Waals surface area contributed by atoms with Crippen molar-refractivity contribution in [2.24, 2.45) is 0 Å². The Labute approximate surface area is 165 Å². The standard InChI is InChI=1S/C9H12N3O.3C4H9.Sn/c1-3-12(4-2)9(13)8-7-10-5-6-11-8;3*1-3-4-2;/h6-7H,3-4H2,1-2H3;3*1,3-4H2,2H3;. The SMILES string of the molecule is CCC[CH2][Sn]([CH2]CCC)([CH2]CCC)[c]1cnc(C(=O)N(CC)CC)cn1. The Morgan fingerprint density at radius 2 is 1.35 bits per heavy atom. The number of unbranched alkanes of at least 4 members (excludes halogenated alkanes) is 3. The summed E-state index contributed by atoms with van der Waals surface area (Å²) in [7, 11) is 0. The second-order valence-corrected chi connectivity index (χ2v) is 20.4. The maximum atomic E-state index is 12.5. The normalized spacial score (nSPS) is 11.6. The molecule has 0 aliphatic carbocycles. The molecule has 0 radical (unpaired) electrons. The Kier molecular flexibility index (Phi) is 11.4. The van der Waals surface area contributed by atoms with Crippen molar-refractivity contribution in [3.8, 4) is 0 Å². The molecule has 1 aromatic rings. The van der Waals surface area contributed by atoms with Crippen molar-refractivity contribution in [1.82, 2.24) is 14.9 Å². The average Bonchev–Trinajstić information content (AvgIpc) is 2.68. The van der Waals surface area contributed by atoms with E-state index < -0.39 is 18.4 Å². The zero-order chi connectivity index (χ0) is 19.4. The van der Waals surface area contributed by atoms with Gasteiger partial charge in [-0.15, -0.1) is 0 Å². The molecular weight excluding hydrogens is 429 g/mol. The molecule has 0 fully saturated rings. The number of rotatable bonds is 13. The maximum absolute atomic E-state index is 12.5. The van der Waals surface area contributed by atoms with Gasteiger partial charge in [-0.2, -0.15) is 0 Å². The van der Waals surface area contributed by atoms with Crippen LogP contribution in [0.15, 0.2) is 12.4 Å². The Balaban J connectivity index is 3.13. The van der Waals surface area contributed by atoms with E-state index in [2.05, 4.69) is 25.8 Å². The monoisotopic (exact) mass is 469 g/mol. The van der Waals surface area contributed by atoms with Crippen LogP contribution in [0.25, 0.3) is 0 Å². The van der Waals surface area contributed by atoms with Gasteiger partial charge >= 0.3 is 165 Å². The van der Waals surface area contributed by atoms with Crippen molar-refractivity contribution in [2.75, 3.05) is 13.1 Å². The Morgan fingerprint density at radius 3 is 1.69 bits per heavy atom. The molecule has 26 heavy (non-hydrogen) atoms. The van der Waals surface area contributed by atoms with Crippen molar-refractivity contribution in [2.45, 2.75) is 86.5 Å². The van der Waals surface area contributed by atoms with Gasteiger partial charge in [-0.3, -0.25) is 0 Å². The molecule has 0 saturated carbocycles. The number of amides is 1. The van der Waals surface area contributed by atoms with Gasteiger partial charge in [0.1, 0.15) is 0 Å². The minimum atomic E-state index is -2.53. The van der Waals surface area contributed by atoms with E-state index in [9.17, 15) is 4.79 Å². The second-order valence-electron chi connectivity index (χ2n) is 7.36. The molecule has 0 aromatic carbocycles. The first-order valence-corrected chi connectivity index (χ1v) is 18.2. The fourth-order valence-corrected chi connectivity index (χ4v) is 18.8. The van der Waals surface area contributed by atoms with Crippen LogP contribution in [0.1, 0.15) is 83.6 Å². The second kappa shape index (κ2) is 12.7. The van der Waals surface area contributed by atoms with Crippen LogP contribution in [0.3, 0.4) is 0 Å². The van der Waals surface area contributed by atoms with E-state index in [1.807, 2.05) is 24.9 Å². The number of carbonyl (C=O) groups is 1. The van der Waals surface area contributed by atoms with Gasteiger partial charge in [0.05, 0.1) is 0 Å². The number of hydrogen-bond donors (Lipinski definition) is 0. The van der Waals surface area contributed by atoms with Crippen LogP contribution >= 0.6 is 0 Å². The summed E-state index contributed by atoms with van der Waals surface area (Å²) in [5.41, 5.74) is 0.499. The van der Waals surface area contributed by atoms with E-state index in [-0.39, 0.29) is 5.91 Å². The van der Waals surface area contributed by atoms with Gasteiger partial charge in [-0.25, -0.2) is 0 Å². The van der Waals surface area contributed by atoms with Gasteiger partial charge in [0, 0.05) is 0 Å². The summed E-state index contributed by atoms with van der Waals surface area (Å²) < 4.78 is 5.43. The molecular formula is C21H39N3OSn.